The van der Waals surface area contributed by atoms with Crippen LogP contribution < -0.4 is 10.9 Å². The molecule has 0 aliphatic rings. The molecule has 3 N–H and O–H groups in total. The highest BCUT2D eigenvalue weighted by molar-refractivity contribution is 6.31. The van der Waals surface area contributed by atoms with Gasteiger partial charge in [0.1, 0.15) is 18.0 Å². The van der Waals surface area contributed by atoms with E-state index in [1.165, 1.54) is 27.8 Å². The summed E-state index contributed by atoms with van der Waals surface area (Å²) in [4.78, 5) is 35.1. The van der Waals surface area contributed by atoms with E-state index in [1.54, 1.807) is 42.7 Å². The Hall–Kier alpha value is -4.84. The number of H-pyrrole nitrogens is 1. The molecule has 0 spiro atoms. The van der Waals surface area contributed by atoms with Gasteiger partial charge >= 0.3 is 6.09 Å². The number of hydrogen-bond donors (Lipinski definition) is 3. The molecule has 174 valence electrons. The summed E-state index contributed by atoms with van der Waals surface area (Å²) >= 11 is 6.20. The topological polar surface area (TPSA) is 156 Å². The summed E-state index contributed by atoms with van der Waals surface area (Å²) in [7, 11) is 0. The molecule has 0 radical (unpaired) electrons. The average molecular weight is 490 g/mol. The maximum atomic E-state index is 12.9. The molecule has 4 aromatic heterocycles. The van der Waals surface area contributed by atoms with Crippen LogP contribution in [0.4, 0.5) is 10.6 Å². The molecule has 5 aromatic rings. The minimum atomic E-state index is -1.19. The summed E-state index contributed by atoms with van der Waals surface area (Å²) in [6.45, 7) is 0.223. The molecule has 1 amide bonds. The summed E-state index contributed by atoms with van der Waals surface area (Å²) in [6.07, 6.45) is 5.11. The van der Waals surface area contributed by atoms with Crippen LogP contribution in [-0.4, -0.2) is 50.9 Å². The Kier molecular flexibility index (Phi) is 5.77. The van der Waals surface area contributed by atoms with Gasteiger partial charge in [-0.25, -0.2) is 14.8 Å². The van der Waals surface area contributed by atoms with E-state index in [9.17, 15) is 9.59 Å². The number of rotatable bonds is 6. The van der Waals surface area contributed by atoms with Crippen molar-refractivity contribution in [3.05, 3.63) is 88.6 Å². The van der Waals surface area contributed by atoms with Crippen molar-refractivity contribution >= 4 is 23.5 Å². The summed E-state index contributed by atoms with van der Waals surface area (Å²) in [5, 5.41) is 22.7. The first kappa shape index (κ1) is 22.0. The fourth-order valence-electron chi connectivity index (χ4n) is 3.50. The van der Waals surface area contributed by atoms with Crippen molar-refractivity contribution in [1.29, 1.82) is 0 Å². The third kappa shape index (κ3) is 4.77. The zero-order chi connectivity index (χ0) is 24.4. The first-order valence-electron chi connectivity index (χ1n) is 10.2. The van der Waals surface area contributed by atoms with Crippen LogP contribution in [0.1, 0.15) is 5.82 Å². The number of carbonyl (C=O) groups is 1. The van der Waals surface area contributed by atoms with E-state index in [0.29, 0.717) is 33.4 Å². The zero-order valence-electron chi connectivity index (χ0n) is 17.8. The lowest BCUT2D eigenvalue weighted by atomic mass is 10.0. The van der Waals surface area contributed by atoms with Crippen LogP contribution in [0.15, 0.2) is 72.2 Å². The molecule has 0 aliphatic carbocycles. The largest absolute Gasteiger partial charge is 0.465 e. The number of aromatic amines is 1. The van der Waals surface area contributed by atoms with Crippen molar-refractivity contribution in [3.63, 3.8) is 0 Å². The van der Waals surface area contributed by atoms with Gasteiger partial charge in [-0.15, -0.1) is 5.10 Å². The van der Waals surface area contributed by atoms with E-state index in [2.05, 4.69) is 35.8 Å². The first-order chi connectivity index (χ1) is 17.0. The molecule has 0 unspecified atom stereocenters. The van der Waals surface area contributed by atoms with Gasteiger partial charge in [-0.3, -0.25) is 10.1 Å². The fourth-order valence-corrected chi connectivity index (χ4v) is 3.68. The number of halogens is 1. The van der Waals surface area contributed by atoms with E-state index in [4.69, 9.17) is 16.7 Å². The van der Waals surface area contributed by atoms with Crippen LogP contribution >= 0.6 is 11.6 Å². The molecule has 0 saturated carbocycles. The third-order valence-corrected chi connectivity index (χ3v) is 5.35. The number of nitrogens with one attached hydrogen (secondary N) is 2. The molecule has 35 heavy (non-hydrogen) atoms. The molecule has 0 fully saturated rings. The average Bonchev–Trinajstić information content (AvgIpc) is 3.53. The van der Waals surface area contributed by atoms with Gasteiger partial charge in [-0.1, -0.05) is 11.6 Å². The molecule has 13 heteroatoms. The lowest BCUT2D eigenvalue weighted by Crippen LogP contribution is -2.19. The molecule has 5 rings (SSSR count). The van der Waals surface area contributed by atoms with Crippen molar-refractivity contribution in [2.24, 2.45) is 0 Å². The number of pyridine rings is 2. The Labute approximate surface area is 201 Å². The fraction of sp³-hybridized carbons (Fsp3) is 0.0455. The van der Waals surface area contributed by atoms with E-state index < -0.39 is 6.09 Å². The highest BCUT2D eigenvalue weighted by Gasteiger charge is 2.12. The van der Waals surface area contributed by atoms with Crippen molar-refractivity contribution in [3.8, 4) is 28.1 Å². The van der Waals surface area contributed by atoms with Crippen molar-refractivity contribution in [2.75, 3.05) is 5.32 Å². The minimum Gasteiger partial charge on any atom is -0.465 e. The molecule has 12 nitrogen and oxygen atoms in total. The highest BCUT2D eigenvalue weighted by atomic mass is 35.5. The Morgan fingerprint density at radius 3 is 2.69 bits per heavy atom. The molecule has 1 aromatic carbocycles. The standard InChI is InChI=1S/C22H16ClN9O3/c23-15-2-3-18(32-12-26-29-30-32)16(8-15)13-5-6-31(21(33)7-13)11-20-25-10-17(27-20)14-1-4-19(24-9-14)28-22(34)35/h1-10,12H,11H2,(H,24,28)(H,25,27)(H,34,35). The van der Waals surface area contributed by atoms with Crippen LogP contribution in [0, 0.1) is 0 Å². The maximum Gasteiger partial charge on any atom is 0.410 e. The predicted molar refractivity (Wildman–Crippen MR) is 126 cm³/mol. The zero-order valence-corrected chi connectivity index (χ0v) is 18.6. The summed E-state index contributed by atoms with van der Waals surface area (Å²) < 4.78 is 3.02. The number of imidazole rings is 1. The van der Waals surface area contributed by atoms with Crippen molar-refractivity contribution in [1.82, 2.24) is 39.7 Å². The van der Waals surface area contributed by atoms with Crippen LogP contribution in [0.2, 0.25) is 5.02 Å². The predicted octanol–water partition coefficient (Wildman–Crippen LogP) is 3.07. The summed E-state index contributed by atoms with van der Waals surface area (Å²) in [6, 6.07) is 11.8. The van der Waals surface area contributed by atoms with Crippen molar-refractivity contribution in [2.45, 2.75) is 6.54 Å². The van der Waals surface area contributed by atoms with Gasteiger partial charge in [0.05, 0.1) is 24.1 Å². The third-order valence-electron chi connectivity index (χ3n) is 5.12. The molecular weight excluding hydrogens is 474 g/mol. The van der Waals surface area contributed by atoms with E-state index in [1.807, 2.05) is 6.07 Å². The Bertz CT molecular complexity index is 1560. The Morgan fingerprint density at radius 2 is 1.97 bits per heavy atom. The van der Waals surface area contributed by atoms with Gasteiger partial charge in [-0.05, 0) is 52.4 Å². The Balaban J connectivity index is 1.38. The van der Waals surface area contributed by atoms with Crippen LogP contribution in [0.5, 0.6) is 0 Å². The molecular formula is C22H16ClN9O3. The summed E-state index contributed by atoms with van der Waals surface area (Å²) in [5.74, 6) is 0.787. The number of benzene rings is 1. The smallest absolute Gasteiger partial charge is 0.410 e. The van der Waals surface area contributed by atoms with E-state index >= 15 is 0 Å². The SMILES string of the molecule is O=C(O)Nc1ccc(-c2cnc(Cn3ccc(-c4cc(Cl)ccc4-n4cnnn4)cc3=O)[nH]2)cn1. The second-order valence-corrected chi connectivity index (χ2v) is 7.84. The summed E-state index contributed by atoms with van der Waals surface area (Å²) in [5.41, 5.74) is 3.24. The van der Waals surface area contributed by atoms with Gasteiger partial charge in [-0.2, -0.15) is 4.68 Å². The lowest BCUT2D eigenvalue weighted by molar-refractivity contribution is 0.209. The second-order valence-electron chi connectivity index (χ2n) is 7.40. The number of nitrogens with zero attached hydrogens (tertiary/aromatic N) is 7. The quantitative estimate of drug-likeness (QED) is 0.328. The monoisotopic (exact) mass is 489 g/mol. The number of tetrazole rings is 1. The number of hydrogen-bond acceptors (Lipinski definition) is 7. The molecule has 0 bridgehead atoms. The van der Waals surface area contributed by atoms with Crippen LogP contribution in [0.3, 0.4) is 0 Å². The normalized spacial score (nSPS) is 10.9. The lowest BCUT2D eigenvalue weighted by Gasteiger charge is -2.11. The van der Waals surface area contributed by atoms with E-state index in [-0.39, 0.29) is 17.9 Å². The van der Waals surface area contributed by atoms with Gasteiger partial charge in [0.15, 0.2) is 0 Å². The number of anilines is 1. The van der Waals surface area contributed by atoms with Gasteiger partial charge in [0.2, 0.25) is 0 Å². The Morgan fingerprint density at radius 1 is 1.09 bits per heavy atom. The molecule has 4 heterocycles. The maximum absolute atomic E-state index is 12.9. The minimum absolute atomic E-state index is 0.218. The first-order valence-corrected chi connectivity index (χ1v) is 10.6. The van der Waals surface area contributed by atoms with Gasteiger partial charge in [0, 0.05) is 34.6 Å². The van der Waals surface area contributed by atoms with Crippen LogP contribution in [-0.2, 0) is 6.54 Å². The van der Waals surface area contributed by atoms with Crippen molar-refractivity contribution < 1.29 is 9.90 Å². The van der Waals surface area contributed by atoms with Crippen LogP contribution in [0.25, 0.3) is 28.1 Å². The molecule has 0 aliphatic heterocycles. The number of amides is 1. The molecule has 0 saturated heterocycles. The van der Waals surface area contributed by atoms with Gasteiger partial charge in [0.25, 0.3) is 5.56 Å². The number of aromatic nitrogens is 8. The van der Waals surface area contributed by atoms with E-state index in [0.717, 1.165) is 5.56 Å². The second kappa shape index (κ2) is 9.19. The molecule has 0 atom stereocenters. The number of carboxylic acid groups (broad SMARTS) is 1. The van der Waals surface area contributed by atoms with Gasteiger partial charge < -0.3 is 14.7 Å². The highest BCUT2D eigenvalue weighted by Crippen LogP contribution is 2.28.